The molecule has 84 valence electrons. The van der Waals surface area contributed by atoms with Gasteiger partial charge < -0.3 is 9.47 Å². The van der Waals surface area contributed by atoms with Crippen LogP contribution in [-0.4, -0.2) is 39.6 Å². The molecule has 0 N–H and O–H groups in total. The second kappa shape index (κ2) is 3.82. The van der Waals surface area contributed by atoms with Crippen molar-refractivity contribution in [2.24, 2.45) is 0 Å². The van der Waals surface area contributed by atoms with Crippen molar-refractivity contribution in [2.45, 2.75) is 13.0 Å². The van der Waals surface area contributed by atoms with E-state index in [0.717, 1.165) is 47.5 Å². The normalized spacial score (nSPS) is 17.4. The minimum atomic E-state index is 0.983. The Balaban J connectivity index is 2.15. The molecule has 0 amide bonds. The van der Waals surface area contributed by atoms with Crippen LogP contribution >= 0.6 is 15.9 Å². The highest BCUT2D eigenvalue weighted by Gasteiger charge is 2.16. The second-order valence-corrected chi connectivity index (χ2v) is 5.14. The Bertz CT molecular complexity index is 534. The van der Waals surface area contributed by atoms with Crippen LogP contribution in [0.2, 0.25) is 0 Å². The molecule has 0 fully saturated rings. The van der Waals surface area contributed by atoms with E-state index in [-0.39, 0.29) is 0 Å². The smallest absolute Gasteiger partial charge is 0.160 e. The summed E-state index contributed by atoms with van der Waals surface area (Å²) in [4.78, 5) is 11.4. The monoisotopic (exact) mass is 280 g/mol. The molecule has 0 atom stereocenters. The number of hydrogen-bond donors (Lipinski definition) is 0. The van der Waals surface area contributed by atoms with Gasteiger partial charge in [0.25, 0.3) is 0 Å². The molecule has 0 unspecified atom stereocenters. The van der Waals surface area contributed by atoms with E-state index in [0.29, 0.717) is 0 Å². The third kappa shape index (κ3) is 1.64. The van der Waals surface area contributed by atoms with E-state index in [1.165, 1.54) is 0 Å². The maximum absolute atomic E-state index is 4.65. The van der Waals surface area contributed by atoms with Gasteiger partial charge in [-0.1, -0.05) is 0 Å². The van der Waals surface area contributed by atoms with Crippen LogP contribution in [0.5, 0.6) is 0 Å². The zero-order chi connectivity index (χ0) is 11.1. The maximum Gasteiger partial charge on any atom is 0.160 e. The van der Waals surface area contributed by atoms with Gasteiger partial charge in [-0.2, -0.15) is 0 Å². The lowest BCUT2D eigenvalue weighted by molar-refractivity contribution is 0.342. The van der Waals surface area contributed by atoms with Crippen molar-refractivity contribution in [2.75, 3.05) is 20.1 Å². The predicted molar refractivity (Wildman–Crippen MR) is 66.4 cm³/mol. The van der Waals surface area contributed by atoms with Crippen LogP contribution < -0.4 is 0 Å². The van der Waals surface area contributed by atoms with E-state index in [1.54, 1.807) is 0 Å². The lowest BCUT2D eigenvalue weighted by Gasteiger charge is -2.11. The van der Waals surface area contributed by atoms with Crippen LogP contribution in [0.25, 0.3) is 11.2 Å². The first-order valence-corrected chi connectivity index (χ1v) is 6.22. The standard InChI is InChI=1S/C11H13BrN4/c1-15-3-2-10-14-9-6-8(12)7-13-11(9)16(10)5-4-15/h6-7H,2-5H2,1H3. The molecule has 1 aliphatic rings. The molecule has 3 heterocycles. The van der Waals surface area contributed by atoms with Gasteiger partial charge >= 0.3 is 0 Å². The number of fused-ring (bicyclic) bond motifs is 3. The summed E-state index contributed by atoms with van der Waals surface area (Å²) in [5.41, 5.74) is 2.00. The SMILES string of the molecule is CN1CCc2nc3cc(Br)cnc3n2CC1. The highest BCUT2D eigenvalue weighted by atomic mass is 79.9. The minimum Gasteiger partial charge on any atom is -0.311 e. The quantitative estimate of drug-likeness (QED) is 0.737. The molecule has 0 saturated heterocycles. The van der Waals surface area contributed by atoms with Crippen LogP contribution in [-0.2, 0) is 13.0 Å². The van der Waals surface area contributed by atoms with Crippen molar-refractivity contribution in [1.82, 2.24) is 19.4 Å². The van der Waals surface area contributed by atoms with E-state index in [9.17, 15) is 0 Å². The highest BCUT2D eigenvalue weighted by Crippen LogP contribution is 2.20. The number of rotatable bonds is 0. The topological polar surface area (TPSA) is 34.0 Å². The van der Waals surface area contributed by atoms with E-state index >= 15 is 0 Å². The van der Waals surface area contributed by atoms with E-state index in [4.69, 9.17) is 0 Å². The predicted octanol–water partition coefficient (Wildman–Crippen LogP) is 1.68. The molecule has 1 aliphatic heterocycles. The van der Waals surface area contributed by atoms with E-state index in [2.05, 4.69) is 42.4 Å². The van der Waals surface area contributed by atoms with Crippen molar-refractivity contribution in [3.63, 3.8) is 0 Å². The van der Waals surface area contributed by atoms with Gasteiger partial charge in [-0.15, -0.1) is 0 Å². The number of pyridine rings is 1. The van der Waals surface area contributed by atoms with Crippen LogP contribution in [0.4, 0.5) is 0 Å². The fraction of sp³-hybridized carbons (Fsp3) is 0.455. The fourth-order valence-electron chi connectivity index (χ4n) is 2.13. The van der Waals surface area contributed by atoms with Gasteiger partial charge in [-0.25, -0.2) is 9.97 Å². The summed E-state index contributed by atoms with van der Waals surface area (Å²) in [6, 6.07) is 2.04. The molecule has 2 aromatic rings. The average Bonchev–Trinajstić information content (AvgIpc) is 2.50. The number of imidazole rings is 1. The lowest BCUT2D eigenvalue weighted by atomic mass is 10.4. The van der Waals surface area contributed by atoms with Crippen LogP contribution in [0.3, 0.4) is 0 Å². The van der Waals surface area contributed by atoms with Gasteiger partial charge in [0.15, 0.2) is 5.65 Å². The third-order valence-corrected chi connectivity index (χ3v) is 3.49. The number of hydrogen-bond acceptors (Lipinski definition) is 3. The molecule has 0 spiro atoms. The molecule has 0 radical (unpaired) electrons. The molecule has 0 bridgehead atoms. The van der Waals surface area contributed by atoms with Crippen molar-refractivity contribution in [3.05, 3.63) is 22.6 Å². The highest BCUT2D eigenvalue weighted by molar-refractivity contribution is 9.10. The summed E-state index contributed by atoms with van der Waals surface area (Å²) in [6.45, 7) is 3.12. The summed E-state index contributed by atoms with van der Waals surface area (Å²) in [5.74, 6) is 1.16. The number of nitrogens with zero attached hydrogens (tertiary/aromatic N) is 4. The molecule has 5 heteroatoms. The Morgan fingerprint density at radius 2 is 2.19 bits per heavy atom. The zero-order valence-electron chi connectivity index (χ0n) is 9.15. The van der Waals surface area contributed by atoms with Crippen molar-refractivity contribution >= 4 is 27.1 Å². The van der Waals surface area contributed by atoms with Crippen molar-refractivity contribution in [3.8, 4) is 0 Å². The Morgan fingerprint density at radius 3 is 3.06 bits per heavy atom. The summed E-state index contributed by atoms with van der Waals surface area (Å²) >= 11 is 3.43. The zero-order valence-corrected chi connectivity index (χ0v) is 10.7. The van der Waals surface area contributed by atoms with Gasteiger partial charge in [0.05, 0.1) is 0 Å². The van der Waals surface area contributed by atoms with E-state index < -0.39 is 0 Å². The molecular formula is C11H13BrN4. The van der Waals surface area contributed by atoms with Crippen molar-refractivity contribution < 1.29 is 0 Å². The molecule has 0 saturated carbocycles. The number of likely N-dealkylation sites (N-methyl/N-ethyl adjacent to an activating group) is 1. The lowest BCUT2D eigenvalue weighted by Crippen LogP contribution is -2.21. The summed E-state index contributed by atoms with van der Waals surface area (Å²) < 4.78 is 3.23. The summed E-state index contributed by atoms with van der Waals surface area (Å²) in [6.07, 6.45) is 2.84. The Labute approximate surface area is 102 Å². The van der Waals surface area contributed by atoms with Gasteiger partial charge in [0, 0.05) is 36.7 Å². The molecule has 0 aromatic carbocycles. The first-order chi connectivity index (χ1) is 7.74. The average molecular weight is 281 g/mol. The molecule has 16 heavy (non-hydrogen) atoms. The molecule has 4 nitrogen and oxygen atoms in total. The van der Waals surface area contributed by atoms with Crippen LogP contribution in [0.15, 0.2) is 16.7 Å². The Kier molecular flexibility index (Phi) is 2.44. The first-order valence-electron chi connectivity index (χ1n) is 5.43. The molecule has 2 aromatic heterocycles. The molecule has 0 aliphatic carbocycles. The maximum atomic E-state index is 4.65. The summed E-state index contributed by atoms with van der Waals surface area (Å²) in [7, 11) is 2.15. The van der Waals surface area contributed by atoms with Crippen LogP contribution in [0.1, 0.15) is 5.82 Å². The van der Waals surface area contributed by atoms with Gasteiger partial charge in [-0.3, -0.25) is 0 Å². The van der Waals surface area contributed by atoms with Crippen LogP contribution in [0, 0.1) is 0 Å². The van der Waals surface area contributed by atoms with Gasteiger partial charge in [0.1, 0.15) is 11.3 Å². The molecule has 3 rings (SSSR count). The Hall–Kier alpha value is -0.940. The Morgan fingerprint density at radius 1 is 1.31 bits per heavy atom. The summed E-state index contributed by atoms with van der Waals surface area (Å²) in [5, 5.41) is 0. The number of halogens is 1. The largest absolute Gasteiger partial charge is 0.311 e. The minimum absolute atomic E-state index is 0.983. The second-order valence-electron chi connectivity index (χ2n) is 4.23. The van der Waals surface area contributed by atoms with Gasteiger partial charge in [-0.05, 0) is 29.0 Å². The van der Waals surface area contributed by atoms with E-state index in [1.807, 2.05) is 12.3 Å². The fourth-order valence-corrected chi connectivity index (χ4v) is 2.45. The van der Waals surface area contributed by atoms with Crippen molar-refractivity contribution in [1.29, 1.82) is 0 Å². The van der Waals surface area contributed by atoms with Gasteiger partial charge in [0.2, 0.25) is 0 Å². The number of aromatic nitrogens is 3. The molecular weight excluding hydrogens is 268 g/mol. The first kappa shape index (κ1) is 10.2. The third-order valence-electron chi connectivity index (χ3n) is 3.05.